The van der Waals surface area contributed by atoms with E-state index < -0.39 is 5.91 Å². The highest BCUT2D eigenvalue weighted by Crippen LogP contribution is 2.46. The van der Waals surface area contributed by atoms with Crippen LogP contribution in [0, 0.1) is 0 Å². The lowest BCUT2D eigenvalue weighted by atomic mass is 9.76. The second-order valence-corrected chi connectivity index (χ2v) is 8.06. The summed E-state index contributed by atoms with van der Waals surface area (Å²) in [5.41, 5.74) is 7.92. The van der Waals surface area contributed by atoms with E-state index in [1.54, 1.807) is 18.3 Å². The van der Waals surface area contributed by atoms with Crippen molar-refractivity contribution >= 4 is 11.7 Å². The summed E-state index contributed by atoms with van der Waals surface area (Å²) in [5.74, 6) is 1.53. The SMILES string of the molecule is NC(=O)c1cccnc1N1CCC2(CCc3c2nc(C2CC2)[nH]c3=O)CC1. The third-order valence-electron chi connectivity index (χ3n) is 6.43. The Balaban J connectivity index is 1.44. The molecule has 2 aromatic heterocycles. The van der Waals surface area contributed by atoms with E-state index in [2.05, 4.69) is 14.9 Å². The molecule has 27 heavy (non-hydrogen) atoms. The van der Waals surface area contributed by atoms with Crippen molar-refractivity contribution in [1.29, 1.82) is 0 Å². The van der Waals surface area contributed by atoms with Crippen LogP contribution in [0.1, 0.15) is 65.5 Å². The van der Waals surface area contributed by atoms with E-state index in [1.807, 2.05) is 0 Å². The fourth-order valence-corrected chi connectivity index (χ4v) is 4.69. The summed E-state index contributed by atoms with van der Waals surface area (Å²) >= 11 is 0. The summed E-state index contributed by atoms with van der Waals surface area (Å²) in [5, 5.41) is 0. The summed E-state index contributed by atoms with van der Waals surface area (Å²) in [4.78, 5) is 38.7. The summed E-state index contributed by atoms with van der Waals surface area (Å²) in [7, 11) is 0. The van der Waals surface area contributed by atoms with Crippen LogP contribution in [0.3, 0.4) is 0 Å². The standard InChI is InChI=1S/C20H23N5O2/c21-16(26)14-2-1-9-22-18(14)25-10-7-20(8-11-25)6-5-13-15(20)23-17(12-3-4-12)24-19(13)27/h1-2,9,12H,3-8,10-11H2,(H2,21,26)(H,23,24,27). The second kappa shape index (κ2) is 5.90. The lowest BCUT2D eigenvalue weighted by molar-refractivity contribution is 0.100. The summed E-state index contributed by atoms with van der Waals surface area (Å²) in [6, 6.07) is 3.46. The maximum absolute atomic E-state index is 12.5. The molecule has 3 N–H and O–H groups in total. The highest BCUT2D eigenvalue weighted by Gasteiger charge is 2.45. The summed E-state index contributed by atoms with van der Waals surface area (Å²) < 4.78 is 0. The minimum absolute atomic E-state index is 0.0224. The molecule has 3 heterocycles. The fraction of sp³-hybridized carbons (Fsp3) is 0.500. The van der Waals surface area contributed by atoms with Crippen molar-refractivity contribution in [2.75, 3.05) is 18.0 Å². The number of fused-ring (bicyclic) bond motifs is 2. The van der Waals surface area contributed by atoms with Crippen LogP contribution < -0.4 is 16.2 Å². The van der Waals surface area contributed by atoms with Gasteiger partial charge >= 0.3 is 0 Å². The van der Waals surface area contributed by atoms with Crippen molar-refractivity contribution in [1.82, 2.24) is 15.0 Å². The number of carbonyl (C=O) groups is 1. The molecule has 1 aliphatic heterocycles. The van der Waals surface area contributed by atoms with Crippen molar-refractivity contribution in [3.05, 3.63) is 51.3 Å². The molecule has 0 atom stereocenters. The number of nitrogens with one attached hydrogen (secondary N) is 1. The van der Waals surface area contributed by atoms with Crippen molar-refractivity contribution in [2.45, 2.75) is 49.9 Å². The fourth-order valence-electron chi connectivity index (χ4n) is 4.69. The number of hydrogen-bond acceptors (Lipinski definition) is 5. The lowest BCUT2D eigenvalue weighted by Crippen LogP contribution is -2.43. The average Bonchev–Trinajstić information content (AvgIpc) is 3.47. The number of hydrogen-bond donors (Lipinski definition) is 2. The largest absolute Gasteiger partial charge is 0.365 e. The van der Waals surface area contributed by atoms with E-state index in [0.29, 0.717) is 17.3 Å². The summed E-state index contributed by atoms with van der Waals surface area (Å²) in [6.45, 7) is 1.56. The predicted molar refractivity (Wildman–Crippen MR) is 101 cm³/mol. The van der Waals surface area contributed by atoms with Gasteiger partial charge in [0.15, 0.2) is 0 Å². The Morgan fingerprint density at radius 1 is 1.26 bits per heavy atom. The average molecular weight is 365 g/mol. The van der Waals surface area contributed by atoms with Crippen LogP contribution in [0.2, 0.25) is 0 Å². The number of piperidine rings is 1. The van der Waals surface area contributed by atoms with Gasteiger partial charge in [-0.1, -0.05) is 0 Å². The molecule has 5 rings (SSSR count). The van der Waals surface area contributed by atoms with Crippen LogP contribution in [-0.4, -0.2) is 33.9 Å². The van der Waals surface area contributed by atoms with Crippen LogP contribution in [0.4, 0.5) is 5.82 Å². The Kier molecular flexibility index (Phi) is 3.60. The zero-order valence-electron chi connectivity index (χ0n) is 15.2. The molecule has 7 nitrogen and oxygen atoms in total. The number of H-pyrrole nitrogens is 1. The van der Waals surface area contributed by atoms with E-state index in [0.717, 1.165) is 68.7 Å². The molecule has 2 aromatic rings. The third kappa shape index (κ3) is 2.64. The minimum atomic E-state index is -0.452. The van der Waals surface area contributed by atoms with Gasteiger partial charge in [0.1, 0.15) is 11.6 Å². The number of nitrogens with zero attached hydrogens (tertiary/aromatic N) is 3. The first-order valence-corrected chi connectivity index (χ1v) is 9.71. The number of pyridine rings is 1. The molecule has 0 radical (unpaired) electrons. The van der Waals surface area contributed by atoms with E-state index in [4.69, 9.17) is 10.7 Å². The Labute approximate surface area is 157 Å². The Bertz CT molecular complexity index is 971. The first-order chi connectivity index (χ1) is 13.1. The highest BCUT2D eigenvalue weighted by atomic mass is 16.1. The van der Waals surface area contributed by atoms with Gasteiger partial charge in [-0.2, -0.15) is 0 Å². The van der Waals surface area contributed by atoms with Crippen LogP contribution in [0.25, 0.3) is 0 Å². The zero-order valence-corrected chi connectivity index (χ0v) is 15.2. The molecule has 0 unspecified atom stereocenters. The molecule has 1 saturated carbocycles. The molecule has 140 valence electrons. The van der Waals surface area contributed by atoms with Gasteiger partial charge in [0.25, 0.3) is 11.5 Å². The van der Waals surface area contributed by atoms with Gasteiger partial charge in [0, 0.05) is 36.2 Å². The van der Waals surface area contributed by atoms with E-state index in [1.165, 1.54) is 0 Å². The first-order valence-electron chi connectivity index (χ1n) is 9.71. The zero-order chi connectivity index (χ0) is 18.6. The van der Waals surface area contributed by atoms with Crippen molar-refractivity contribution in [3.8, 4) is 0 Å². The number of aromatic nitrogens is 3. The first kappa shape index (κ1) is 16.5. The van der Waals surface area contributed by atoms with E-state index in [9.17, 15) is 9.59 Å². The number of carbonyl (C=O) groups excluding carboxylic acids is 1. The minimum Gasteiger partial charge on any atom is -0.365 e. The number of amides is 1. The number of anilines is 1. The molecule has 7 heteroatoms. The maximum atomic E-state index is 12.5. The topological polar surface area (TPSA) is 105 Å². The maximum Gasteiger partial charge on any atom is 0.254 e. The predicted octanol–water partition coefficient (Wildman–Crippen LogP) is 1.63. The molecule has 1 amide bonds. The van der Waals surface area contributed by atoms with E-state index >= 15 is 0 Å². The highest BCUT2D eigenvalue weighted by molar-refractivity contribution is 5.97. The van der Waals surface area contributed by atoms with Crippen LogP contribution >= 0.6 is 0 Å². The molecular formula is C20H23N5O2. The Morgan fingerprint density at radius 3 is 2.74 bits per heavy atom. The van der Waals surface area contributed by atoms with Crippen molar-refractivity contribution in [2.24, 2.45) is 5.73 Å². The molecule has 3 aliphatic rings. The smallest absolute Gasteiger partial charge is 0.254 e. The second-order valence-electron chi connectivity index (χ2n) is 8.06. The van der Waals surface area contributed by atoms with Gasteiger partial charge in [0.05, 0.1) is 11.3 Å². The molecule has 1 saturated heterocycles. The monoisotopic (exact) mass is 365 g/mol. The lowest BCUT2D eigenvalue weighted by Gasteiger charge is -2.40. The number of nitrogens with two attached hydrogens (primary N) is 1. The Morgan fingerprint density at radius 2 is 2.04 bits per heavy atom. The number of primary amides is 1. The van der Waals surface area contributed by atoms with Gasteiger partial charge in [-0.25, -0.2) is 9.97 Å². The molecule has 1 spiro atoms. The van der Waals surface area contributed by atoms with Crippen molar-refractivity contribution in [3.63, 3.8) is 0 Å². The number of rotatable bonds is 3. The molecule has 2 aliphatic carbocycles. The van der Waals surface area contributed by atoms with Gasteiger partial charge in [-0.15, -0.1) is 0 Å². The van der Waals surface area contributed by atoms with Gasteiger partial charge in [-0.3, -0.25) is 9.59 Å². The van der Waals surface area contributed by atoms with Gasteiger partial charge in [0.2, 0.25) is 0 Å². The molecule has 0 bridgehead atoms. The number of aromatic amines is 1. The van der Waals surface area contributed by atoms with E-state index in [-0.39, 0.29) is 11.0 Å². The molecular weight excluding hydrogens is 342 g/mol. The Hall–Kier alpha value is -2.70. The summed E-state index contributed by atoms with van der Waals surface area (Å²) in [6.07, 6.45) is 7.55. The van der Waals surface area contributed by atoms with Crippen LogP contribution in [0.5, 0.6) is 0 Å². The molecule has 0 aromatic carbocycles. The van der Waals surface area contributed by atoms with Gasteiger partial charge < -0.3 is 15.6 Å². The van der Waals surface area contributed by atoms with Gasteiger partial charge in [-0.05, 0) is 50.7 Å². The van der Waals surface area contributed by atoms with Crippen LogP contribution in [0.15, 0.2) is 23.1 Å². The third-order valence-corrected chi connectivity index (χ3v) is 6.43. The van der Waals surface area contributed by atoms with Crippen molar-refractivity contribution < 1.29 is 4.79 Å². The normalized spacial score (nSPS) is 20.7. The quantitative estimate of drug-likeness (QED) is 0.860. The van der Waals surface area contributed by atoms with Crippen LogP contribution in [-0.2, 0) is 11.8 Å². The molecule has 2 fully saturated rings.